The molecule has 372 valence electrons. The Bertz CT molecular complexity index is 3110. The maximum absolute atomic E-state index is 12.0. The van der Waals surface area contributed by atoms with Gasteiger partial charge in [-0.05, 0) is 89.5 Å². The molecule has 2 saturated carbocycles. The minimum Gasteiger partial charge on any atom is -0.489 e. The van der Waals surface area contributed by atoms with Crippen molar-refractivity contribution in [2.24, 2.45) is 25.9 Å². The van der Waals surface area contributed by atoms with Gasteiger partial charge in [0.05, 0.1) is 85.5 Å². The van der Waals surface area contributed by atoms with Crippen LogP contribution in [0.1, 0.15) is 74.1 Å². The molecule has 2 aliphatic rings. The van der Waals surface area contributed by atoms with E-state index in [0.717, 1.165) is 78.3 Å². The Labute approximate surface area is 416 Å². The summed E-state index contributed by atoms with van der Waals surface area (Å²) >= 11 is 0. The SMILES string of the molecule is COC(=O)[C@H]1CCC[C@H](Oc2ccc(-c3nnn(C)c3Cn3cnc(-c4ccccc4)n3)nc2C)C1.COC(=O)[C@H]1CCC[C@H](Oc2ccc(-c3nnn(C)c3Cn3ncnc3-c3ccccc3)nc2C)C1. The number of nitrogens with zero attached hydrogens (tertiary/aromatic N) is 14. The average Bonchev–Trinajstić information content (AvgIpc) is 4.24. The molecule has 0 unspecified atom stereocenters. The Balaban J connectivity index is 0.000000178. The van der Waals surface area contributed by atoms with Crippen molar-refractivity contribution in [1.29, 1.82) is 0 Å². The number of aryl methyl sites for hydroxylation is 4. The van der Waals surface area contributed by atoms with Gasteiger partial charge < -0.3 is 18.9 Å². The molecule has 0 bridgehead atoms. The molecule has 0 N–H and O–H groups in total. The van der Waals surface area contributed by atoms with Gasteiger partial charge in [0.25, 0.3) is 0 Å². The second-order valence-corrected chi connectivity index (χ2v) is 18.1. The van der Waals surface area contributed by atoms with Crippen LogP contribution >= 0.6 is 0 Å². The Morgan fingerprint density at radius 3 is 1.65 bits per heavy atom. The minimum atomic E-state index is -0.161. The molecule has 72 heavy (non-hydrogen) atoms. The van der Waals surface area contributed by atoms with E-state index in [9.17, 15) is 9.59 Å². The van der Waals surface area contributed by atoms with E-state index < -0.39 is 0 Å². The highest BCUT2D eigenvalue weighted by Gasteiger charge is 2.31. The van der Waals surface area contributed by atoms with Crippen LogP contribution in [0.5, 0.6) is 11.5 Å². The van der Waals surface area contributed by atoms with Crippen molar-refractivity contribution in [3.05, 3.63) is 120 Å². The second kappa shape index (κ2) is 22.3. The Kier molecular flexibility index (Phi) is 15.1. The van der Waals surface area contributed by atoms with Gasteiger partial charge >= 0.3 is 11.9 Å². The van der Waals surface area contributed by atoms with Gasteiger partial charge in [-0.3, -0.25) is 9.59 Å². The van der Waals surface area contributed by atoms with Crippen LogP contribution in [0.15, 0.2) is 97.6 Å². The van der Waals surface area contributed by atoms with E-state index in [2.05, 4.69) is 40.8 Å². The van der Waals surface area contributed by atoms with E-state index in [0.29, 0.717) is 66.0 Å². The van der Waals surface area contributed by atoms with Crippen LogP contribution in [0, 0.1) is 25.7 Å². The van der Waals surface area contributed by atoms with Crippen molar-refractivity contribution in [2.45, 2.75) is 90.5 Å². The first-order valence-electron chi connectivity index (χ1n) is 24.1. The molecule has 2 aromatic carbocycles. The number of hydrogen-bond donors (Lipinski definition) is 0. The van der Waals surface area contributed by atoms with Crippen molar-refractivity contribution >= 4 is 11.9 Å². The maximum atomic E-state index is 12.0. The smallest absolute Gasteiger partial charge is 0.308 e. The fraction of sp³-hybridized carbons (Fsp3) is 0.385. The fourth-order valence-electron chi connectivity index (χ4n) is 9.32. The molecule has 0 amide bonds. The van der Waals surface area contributed by atoms with Crippen molar-refractivity contribution < 1.29 is 28.5 Å². The van der Waals surface area contributed by atoms with Crippen LogP contribution in [0.4, 0.5) is 0 Å². The zero-order valence-electron chi connectivity index (χ0n) is 41.3. The normalized spacial score (nSPS) is 17.6. The van der Waals surface area contributed by atoms with Gasteiger partial charge in [-0.2, -0.15) is 10.2 Å². The highest BCUT2D eigenvalue weighted by Crippen LogP contribution is 2.33. The predicted octanol–water partition coefficient (Wildman–Crippen LogP) is 7.21. The number of ether oxygens (including phenoxy) is 4. The highest BCUT2D eigenvalue weighted by atomic mass is 16.5. The molecule has 2 fully saturated rings. The fourth-order valence-corrected chi connectivity index (χ4v) is 9.32. The van der Waals surface area contributed by atoms with E-state index in [4.69, 9.17) is 28.9 Å². The number of carbonyl (C=O) groups excluding carboxylic acids is 2. The van der Waals surface area contributed by atoms with E-state index in [1.54, 1.807) is 26.7 Å². The summed E-state index contributed by atoms with van der Waals surface area (Å²) in [6, 6.07) is 27.4. The largest absolute Gasteiger partial charge is 0.489 e. The van der Waals surface area contributed by atoms with Gasteiger partial charge in [0.2, 0.25) is 0 Å². The summed E-state index contributed by atoms with van der Waals surface area (Å²) < 4.78 is 29.4. The molecule has 0 spiro atoms. The highest BCUT2D eigenvalue weighted by molar-refractivity contribution is 5.73. The number of rotatable bonds is 14. The molecule has 20 nitrogen and oxygen atoms in total. The Hall–Kier alpha value is -8.16. The summed E-state index contributed by atoms with van der Waals surface area (Å²) in [6.45, 7) is 4.73. The lowest BCUT2D eigenvalue weighted by molar-refractivity contribution is -0.148. The molecule has 8 aromatic rings. The zero-order valence-corrected chi connectivity index (χ0v) is 41.3. The third-order valence-electron chi connectivity index (χ3n) is 13.2. The lowest BCUT2D eigenvalue weighted by atomic mass is 9.87. The van der Waals surface area contributed by atoms with Gasteiger partial charge in [-0.1, -0.05) is 71.1 Å². The number of carbonyl (C=O) groups is 2. The molecule has 6 heterocycles. The van der Waals surface area contributed by atoms with E-state index in [-0.39, 0.29) is 36.0 Å². The monoisotopic (exact) mass is 974 g/mol. The van der Waals surface area contributed by atoms with Gasteiger partial charge in [-0.25, -0.2) is 38.7 Å². The summed E-state index contributed by atoms with van der Waals surface area (Å²) in [6.07, 6.45) is 9.88. The molecular weight excluding hydrogens is 917 g/mol. The zero-order chi connectivity index (χ0) is 50.1. The van der Waals surface area contributed by atoms with E-state index in [1.807, 2.05) is 118 Å². The Morgan fingerprint density at radius 1 is 0.625 bits per heavy atom. The van der Waals surface area contributed by atoms with Crippen LogP contribution in [-0.2, 0) is 46.2 Å². The summed E-state index contributed by atoms with van der Waals surface area (Å²) in [7, 11) is 6.58. The van der Waals surface area contributed by atoms with Crippen LogP contribution in [0.3, 0.4) is 0 Å². The number of hydrogen-bond acceptors (Lipinski definition) is 16. The molecule has 0 saturated heterocycles. The predicted molar refractivity (Wildman–Crippen MR) is 264 cm³/mol. The third kappa shape index (κ3) is 11.2. The Morgan fingerprint density at radius 2 is 1.14 bits per heavy atom. The summed E-state index contributed by atoms with van der Waals surface area (Å²) in [5, 5.41) is 26.3. The summed E-state index contributed by atoms with van der Waals surface area (Å²) in [5.41, 5.74) is 7.99. The molecule has 0 aliphatic heterocycles. The number of methoxy groups -OCH3 is 2. The lowest BCUT2D eigenvalue weighted by Crippen LogP contribution is -2.30. The number of aromatic nitrogens is 14. The lowest BCUT2D eigenvalue weighted by Gasteiger charge is -2.28. The van der Waals surface area contributed by atoms with Crippen molar-refractivity contribution in [2.75, 3.05) is 14.2 Å². The molecule has 10 rings (SSSR count). The number of esters is 2. The maximum Gasteiger partial charge on any atom is 0.308 e. The molecule has 0 radical (unpaired) electrons. The number of pyridine rings is 2. The molecular formula is C52H58N14O6. The van der Waals surface area contributed by atoms with E-state index in [1.165, 1.54) is 14.2 Å². The number of benzene rings is 2. The van der Waals surface area contributed by atoms with Crippen LogP contribution in [0.25, 0.3) is 45.6 Å². The first-order chi connectivity index (χ1) is 35.0. The molecule has 2 aliphatic carbocycles. The molecule has 20 heteroatoms. The molecule has 4 atom stereocenters. The minimum absolute atomic E-state index is 0.0348. The van der Waals surface area contributed by atoms with Gasteiger partial charge in [0, 0.05) is 25.2 Å². The quantitative estimate of drug-likeness (QED) is 0.0983. The van der Waals surface area contributed by atoms with Gasteiger partial charge in [0.1, 0.15) is 35.5 Å². The topological polar surface area (TPSA) is 220 Å². The van der Waals surface area contributed by atoms with E-state index >= 15 is 0 Å². The third-order valence-corrected chi connectivity index (χ3v) is 13.2. The van der Waals surface area contributed by atoms with Crippen molar-refractivity contribution in [1.82, 2.24) is 69.5 Å². The van der Waals surface area contributed by atoms with Crippen molar-refractivity contribution in [3.8, 4) is 57.1 Å². The van der Waals surface area contributed by atoms with Crippen molar-refractivity contribution in [3.63, 3.8) is 0 Å². The van der Waals surface area contributed by atoms with Crippen LogP contribution < -0.4 is 9.47 Å². The van der Waals surface area contributed by atoms with Crippen LogP contribution in [0.2, 0.25) is 0 Å². The summed E-state index contributed by atoms with van der Waals surface area (Å²) in [4.78, 5) is 42.4. The van der Waals surface area contributed by atoms with Crippen LogP contribution in [-0.4, -0.2) is 108 Å². The standard InChI is InChI=1S/2C26H29N7O3/c1-17-23(36-20-11-7-10-19(14-20)26(34)35-3)13-12-21(28-17)24-22(32(2)31-29-24)15-33-16-27-25(30-33)18-8-5-4-6-9-18;1-17-23(36-20-11-7-10-19(14-20)26(34)35-3)13-12-21(29-17)24-22(32(2)31-30-24)15-33-25(27-16-28-33)18-8-5-4-6-9-18/h2*4-6,8-9,12-13,16,19-20H,7,10-11,14-15H2,1-3H3/t2*19-,20-/m00/s1. The first kappa shape index (κ1) is 48.8. The molecule has 6 aromatic heterocycles. The van der Waals surface area contributed by atoms with Gasteiger partial charge in [0.15, 0.2) is 11.6 Å². The first-order valence-corrected chi connectivity index (χ1v) is 24.1. The summed E-state index contributed by atoms with van der Waals surface area (Å²) in [5.74, 6) is 2.32. The average molecular weight is 975 g/mol. The van der Waals surface area contributed by atoms with Gasteiger partial charge in [-0.15, -0.1) is 10.2 Å². The second-order valence-electron chi connectivity index (χ2n) is 18.1.